The maximum absolute atomic E-state index is 14.6. The Morgan fingerprint density at radius 1 is 0.980 bits per heavy atom. The summed E-state index contributed by atoms with van der Waals surface area (Å²) in [7, 11) is -4.61. The molecule has 0 saturated carbocycles. The van der Waals surface area contributed by atoms with Crippen LogP contribution in [-0.4, -0.2) is 56.7 Å². The van der Waals surface area contributed by atoms with Gasteiger partial charge in [-0.1, -0.05) is 86.5 Å². The highest BCUT2D eigenvalue weighted by atomic mass is 32.1. The number of nitrogens with two attached hydrogens (primary N) is 1. The predicted molar refractivity (Wildman–Crippen MR) is 214 cm³/mol. The van der Waals surface area contributed by atoms with Crippen LogP contribution in [0.3, 0.4) is 0 Å². The molecule has 0 aliphatic heterocycles. The molecule has 0 amide bonds. The van der Waals surface area contributed by atoms with Crippen molar-refractivity contribution in [1.82, 2.24) is 4.98 Å². The molecular weight excluding hydrogens is 665 g/mol. The molecule has 0 fully saturated rings. The van der Waals surface area contributed by atoms with Crippen molar-refractivity contribution in [3.05, 3.63) is 33.3 Å². The first-order chi connectivity index (χ1) is 22.0. The summed E-state index contributed by atoms with van der Waals surface area (Å²) in [6, 6.07) is -0.0564. The molecule has 1 heterocycles. The zero-order chi connectivity index (χ0) is 38.3. The first-order valence-electron chi connectivity index (χ1n) is 18.2. The lowest BCUT2D eigenvalue weighted by Gasteiger charge is -2.46. The minimum absolute atomic E-state index is 0.00863. The van der Waals surface area contributed by atoms with Gasteiger partial charge in [0.1, 0.15) is 5.78 Å². The zero-order valence-electron chi connectivity index (χ0n) is 34.2. The monoisotopic (exact) mass is 736 g/mol. The van der Waals surface area contributed by atoms with Crippen molar-refractivity contribution in [2.75, 3.05) is 0 Å². The highest BCUT2D eigenvalue weighted by Gasteiger charge is 2.49. The van der Waals surface area contributed by atoms with Gasteiger partial charge in [-0.3, -0.25) is 9.59 Å². The number of allylic oxidation sites excluding steroid dienone is 1. The molecule has 49 heavy (non-hydrogen) atoms. The summed E-state index contributed by atoms with van der Waals surface area (Å²) in [6.07, 6.45) is 6.72. The number of carbonyl (C=O) groups is 2. The van der Waals surface area contributed by atoms with E-state index in [1.165, 1.54) is 5.57 Å². The lowest BCUT2D eigenvalue weighted by atomic mass is 9.73. The summed E-state index contributed by atoms with van der Waals surface area (Å²) in [5.74, 6) is -1.24. The van der Waals surface area contributed by atoms with Crippen LogP contribution < -0.4 is 5.73 Å². The Balaban J connectivity index is 3.20. The molecule has 1 rings (SSSR count). The maximum Gasteiger partial charge on any atom is 0.305 e. The van der Waals surface area contributed by atoms with E-state index in [4.69, 9.17) is 14.6 Å². The number of Topliss-reactive ketones (excluding diaryl/α,β-unsaturated/α-hetero) is 1. The van der Waals surface area contributed by atoms with E-state index in [0.29, 0.717) is 0 Å². The average molecular weight is 737 g/mol. The lowest BCUT2D eigenvalue weighted by Crippen LogP contribution is -2.54. The second-order valence-corrected chi connectivity index (χ2v) is 28.7. The number of rotatable bonds is 19. The summed E-state index contributed by atoms with van der Waals surface area (Å²) < 4.78 is 13.8. The van der Waals surface area contributed by atoms with Gasteiger partial charge < -0.3 is 19.7 Å². The first-order valence-corrected chi connectivity index (χ1v) is 24.9. The highest BCUT2D eigenvalue weighted by molar-refractivity contribution is 7.09. The predicted octanol–water partition coefficient (Wildman–Crippen LogP) is 10.8. The van der Waals surface area contributed by atoms with Gasteiger partial charge in [-0.05, 0) is 94.7 Å². The number of nitrogens with zero attached hydrogens (tertiary/aromatic N) is 1. The standard InChI is InChI=1S/C39H72N2O5SSi2/c1-26(21-22-32(40)28(3)23-31-25-47-30(5)41-31)19-18-20-27(2)35(46-49(16,17)38(9,10)11)29(4)36(44)39(12,13)33(24-34(42)43)45-48(14,15)37(6,7)8/h21,23,25,27,29,32-33,35H,18-20,22,24,40H2,1-17H3,(H,42,43)/b26-21-,28-23+/t27?,29?,32-,33?,35-/m0/s1. The molecule has 0 saturated heterocycles. The average Bonchev–Trinajstić information content (AvgIpc) is 3.35. The number of hydrogen-bond acceptors (Lipinski definition) is 7. The molecule has 10 heteroatoms. The van der Waals surface area contributed by atoms with Gasteiger partial charge in [0.2, 0.25) is 0 Å². The Kier molecular flexibility index (Phi) is 16.6. The Labute approximate surface area is 306 Å². The van der Waals surface area contributed by atoms with Gasteiger partial charge in [0.05, 0.1) is 29.3 Å². The molecule has 3 N–H and O–H groups in total. The van der Waals surface area contributed by atoms with E-state index in [1.54, 1.807) is 11.3 Å². The van der Waals surface area contributed by atoms with E-state index in [0.717, 1.165) is 42.0 Å². The third-order valence-corrected chi connectivity index (χ3v) is 21.0. The summed E-state index contributed by atoms with van der Waals surface area (Å²) in [4.78, 5) is 31.2. The van der Waals surface area contributed by atoms with E-state index in [-0.39, 0.29) is 40.3 Å². The number of thiazole rings is 1. The molecule has 7 nitrogen and oxygen atoms in total. The number of aryl methyl sites for hydroxylation is 1. The zero-order valence-corrected chi connectivity index (χ0v) is 37.0. The van der Waals surface area contributed by atoms with Crippen LogP contribution >= 0.6 is 11.3 Å². The third kappa shape index (κ3) is 13.6. The van der Waals surface area contributed by atoms with Gasteiger partial charge in [-0.15, -0.1) is 11.3 Å². The van der Waals surface area contributed by atoms with E-state index < -0.39 is 40.0 Å². The molecule has 0 aromatic carbocycles. The lowest BCUT2D eigenvalue weighted by molar-refractivity contribution is -0.146. The largest absolute Gasteiger partial charge is 0.481 e. The number of ketones is 1. The molecule has 0 aliphatic carbocycles. The number of carboxylic acids is 1. The van der Waals surface area contributed by atoms with Crippen molar-refractivity contribution in [1.29, 1.82) is 0 Å². The minimum atomic E-state index is -2.36. The van der Waals surface area contributed by atoms with E-state index in [2.05, 4.69) is 111 Å². The van der Waals surface area contributed by atoms with Crippen LogP contribution in [0.25, 0.3) is 6.08 Å². The fourth-order valence-corrected chi connectivity index (χ4v) is 9.01. The Morgan fingerprint density at radius 2 is 1.51 bits per heavy atom. The smallest absolute Gasteiger partial charge is 0.305 e. The second kappa shape index (κ2) is 17.9. The summed E-state index contributed by atoms with van der Waals surface area (Å²) >= 11 is 1.64. The molecule has 1 aromatic heterocycles. The SMILES string of the molecule is C/C(=C/C[C@H](N)/C(C)=C/c1csc(C)n1)CCCC(C)[C@H](O[Si](C)(C)C(C)(C)C)C(C)C(=O)C(C)(C)C(CC(=O)O)O[Si](C)(C)C(C)(C)C. The van der Waals surface area contributed by atoms with Crippen LogP contribution in [0.2, 0.25) is 36.3 Å². The van der Waals surface area contributed by atoms with Gasteiger partial charge in [-0.2, -0.15) is 0 Å². The van der Waals surface area contributed by atoms with Crippen molar-refractivity contribution < 1.29 is 23.5 Å². The van der Waals surface area contributed by atoms with Gasteiger partial charge in [0, 0.05) is 22.8 Å². The number of aliphatic carboxylic acids is 1. The van der Waals surface area contributed by atoms with Gasteiger partial charge in [-0.25, -0.2) is 4.98 Å². The number of carboxylic acid groups (broad SMARTS) is 1. The minimum Gasteiger partial charge on any atom is -0.481 e. The summed E-state index contributed by atoms with van der Waals surface area (Å²) in [5.41, 5.74) is 8.90. The Morgan fingerprint density at radius 3 is 1.98 bits per heavy atom. The van der Waals surface area contributed by atoms with Crippen LogP contribution in [0.5, 0.6) is 0 Å². The van der Waals surface area contributed by atoms with Crippen molar-refractivity contribution >= 4 is 45.8 Å². The van der Waals surface area contributed by atoms with E-state index in [1.807, 2.05) is 27.7 Å². The topological polar surface area (TPSA) is 112 Å². The van der Waals surface area contributed by atoms with E-state index in [9.17, 15) is 14.7 Å². The molecule has 5 atom stereocenters. The fraction of sp³-hybridized carbons (Fsp3) is 0.769. The van der Waals surface area contributed by atoms with Crippen molar-refractivity contribution in [3.63, 3.8) is 0 Å². The summed E-state index contributed by atoms with van der Waals surface area (Å²) in [5, 5.41) is 12.9. The Bertz CT molecular complexity index is 1300. The highest BCUT2D eigenvalue weighted by Crippen LogP contribution is 2.44. The molecule has 282 valence electrons. The molecule has 1 aromatic rings. The summed E-state index contributed by atoms with van der Waals surface area (Å²) in [6.45, 7) is 36.0. The maximum atomic E-state index is 14.6. The van der Waals surface area contributed by atoms with Crippen LogP contribution in [0.4, 0.5) is 0 Å². The van der Waals surface area contributed by atoms with Crippen LogP contribution in [0.1, 0.15) is 126 Å². The van der Waals surface area contributed by atoms with Crippen LogP contribution in [0, 0.1) is 24.2 Å². The molecule has 0 radical (unpaired) electrons. The normalized spacial score (nSPS) is 17.4. The molecule has 0 bridgehead atoms. The number of hydrogen-bond donors (Lipinski definition) is 2. The van der Waals surface area contributed by atoms with Gasteiger partial charge in [0.15, 0.2) is 16.6 Å². The Hall–Kier alpha value is -1.44. The molecule has 0 aliphatic rings. The second-order valence-electron chi connectivity index (χ2n) is 18.1. The van der Waals surface area contributed by atoms with E-state index >= 15 is 0 Å². The molecule has 3 unspecified atom stereocenters. The van der Waals surface area contributed by atoms with Crippen molar-refractivity contribution in [3.8, 4) is 0 Å². The van der Waals surface area contributed by atoms with Crippen molar-refractivity contribution in [2.45, 2.75) is 177 Å². The number of aromatic nitrogens is 1. The number of carbonyl (C=O) groups excluding carboxylic acids is 1. The quantitative estimate of drug-likeness (QED) is 0.107. The molecular formula is C39H72N2O5SSi2. The first kappa shape index (κ1) is 45.6. The van der Waals surface area contributed by atoms with Crippen LogP contribution in [-0.2, 0) is 18.4 Å². The van der Waals surface area contributed by atoms with Gasteiger partial charge >= 0.3 is 5.97 Å². The van der Waals surface area contributed by atoms with Gasteiger partial charge in [0.25, 0.3) is 0 Å². The van der Waals surface area contributed by atoms with Crippen LogP contribution in [0.15, 0.2) is 22.6 Å². The third-order valence-electron chi connectivity index (χ3n) is 11.3. The van der Waals surface area contributed by atoms with Crippen molar-refractivity contribution in [2.24, 2.45) is 23.0 Å². The fourth-order valence-electron chi connectivity index (χ4n) is 5.53. The molecule has 0 spiro atoms.